The van der Waals surface area contributed by atoms with Crippen molar-refractivity contribution in [1.82, 2.24) is 16.0 Å². The number of guanidine groups is 2. The topological polar surface area (TPSA) is 317 Å². The van der Waals surface area contributed by atoms with Gasteiger partial charge in [-0.15, -0.1) is 0 Å². The van der Waals surface area contributed by atoms with Crippen LogP contribution in [0.5, 0.6) is 0 Å². The Morgan fingerprint density at radius 1 is 0.714 bits per heavy atom. The lowest BCUT2D eigenvalue weighted by Gasteiger charge is -2.23. The van der Waals surface area contributed by atoms with Crippen molar-refractivity contribution in [3.8, 4) is 0 Å². The molecule has 198 valence electrons. The van der Waals surface area contributed by atoms with Crippen LogP contribution in [0.25, 0.3) is 0 Å². The van der Waals surface area contributed by atoms with Crippen LogP contribution in [0.2, 0.25) is 0 Å². The van der Waals surface area contributed by atoms with Crippen molar-refractivity contribution < 1.29 is 34.2 Å². The number of carboxylic acids is 2. The number of hydrogen-bond acceptors (Lipinski definition) is 8. The van der Waals surface area contributed by atoms with Crippen LogP contribution in [0, 0.1) is 0 Å². The van der Waals surface area contributed by atoms with Gasteiger partial charge in [0.25, 0.3) is 0 Å². The minimum Gasteiger partial charge on any atom is -0.481 e. The fourth-order valence-corrected chi connectivity index (χ4v) is 2.64. The molecule has 15 N–H and O–H groups in total. The summed E-state index contributed by atoms with van der Waals surface area (Å²) in [5, 5.41) is 24.6. The molecule has 3 amide bonds. The van der Waals surface area contributed by atoms with E-state index in [4.69, 9.17) is 38.9 Å². The van der Waals surface area contributed by atoms with Gasteiger partial charge in [0.1, 0.15) is 18.6 Å². The third-order valence-corrected chi connectivity index (χ3v) is 4.31. The van der Waals surface area contributed by atoms with Crippen LogP contribution in [0.1, 0.15) is 32.1 Å². The molecule has 0 aliphatic rings. The molecular formula is C18H34N10O7. The quantitative estimate of drug-likeness (QED) is 0.0508. The van der Waals surface area contributed by atoms with Crippen LogP contribution < -0.4 is 44.6 Å². The third kappa shape index (κ3) is 15.3. The smallest absolute Gasteiger partial charge is 0.322 e. The number of amides is 3. The van der Waals surface area contributed by atoms with Gasteiger partial charge in [-0.1, -0.05) is 0 Å². The number of rotatable bonds is 17. The molecular weight excluding hydrogens is 468 g/mol. The Labute approximate surface area is 200 Å². The molecule has 35 heavy (non-hydrogen) atoms. The summed E-state index contributed by atoms with van der Waals surface area (Å²) in [6, 6.07) is -3.89. The van der Waals surface area contributed by atoms with E-state index in [9.17, 15) is 24.0 Å². The van der Waals surface area contributed by atoms with Crippen LogP contribution in [0.15, 0.2) is 9.98 Å². The lowest BCUT2D eigenvalue weighted by molar-refractivity contribution is -0.141. The largest absolute Gasteiger partial charge is 0.481 e. The highest BCUT2D eigenvalue weighted by Crippen LogP contribution is 2.03. The number of aliphatic imine (C=N–C) groups is 2. The lowest BCUT2D eigenvalue weighted by Crippen LogP contribution is -2.56. The highest BCUT2D eigenvalue weighted by Gasteiger charge is 2.29. The Balaban J connectivity index is 5.27. The molecule has 0 rings (SSSR count). The summed E-state index contributed by atoms with van der Waals surface area (Å²) in [4.78, 5) is 66.9. The molecule has 0 spiro atoms. The zero-order valence-corrected chi connectivity index (χ0v) is 19.1. The van der Waals surface area contributed by atoms with Crippen LogP contribution >= 0.6 is 0 Å². The van der Waals surface area contributed by atoms with Crippen molar-refractivity contribution >= 4 is 41.6 Å². The number of nitrogens with one attached hydrogen (secondary N) is 3. The van der Waals surface area contributed by atoms with Crippen LogP contribution in [-0.2, 0) is 24.0 Å². The van der Waals surface area contributed by atoms with Crippen molar-refractivity contribution in [2.75, 3.05) is 19.6 Å². The summed E-state index contributed by atoms with van der Waals surface area (Å²) in [5.41, 5.74) is 26.6. The molecule has 0 aliphatic carbocycles. The molecule has 0 heterocycles. The first-order valence-electron chi connectivity index (χ1n) is 10.5. The van der Waals surface area contributed by atoms with E-state index in [0.29, 0.717) is 6.42 Å². The predicted octanol–water partition coefficient (Wildman–Crippen LogP) is -4.93. The van der Waals surface area contributed by atoms with Crippen LogP contribution in [0.4, 0.5) is 0 Å². The Morgan fingerprint density at radius 3 is 1.71 bits per heavy atom. The van der Waals surface area contributed by atoms with Crippen molar-refractivity contribution in [3.05, 3.63) is 0 Å². The molecule has 0 radical (unpaired) electrons. The zero-order chi connectivity index (χ0) is 27.0. The second-order valence-electron chi connectivity index (χ2n) is 7.34. The van der Waals surface area contributed by atoms with E-state index in [-0.39, 0.29) is 44.3 Å². The Morgan fingerprint density at radius 2 is 1.23 bits per heavy atom. The number of hydrogen-bond donors (Lipinski definition) is 10. The van der Waals surface area contributed by atoms with E-state index >= 15 is 0 Å². The van der Waals surface area contributed by atoms with Crippen LogP contribution in [0.3, 0.4) is 0 Å². The lowest BCUT2D eigenvalue weighted by atomic mass is 10.1. The Kier molecular flexibility index (Phi) is 14.5. The van der Waals surface area contributed by atoms with Gasteiger partial charge in [-0.25, -0.2) is 0 Å². The van der Waals surface area contributed by atoms with Gasteiger partial charge in [-0.3, -0.25) is 34.0 Å². The highest BCUT2D eigenvalue weighted by molar-refractivity contribution is 5.95. The molecule has 0 aliphatic heterocycles. The van der Waals surface area contributed by atoms with Crippen LogP contribution in [-0.4, -0.2) is 89.6 Å². The molecule has 17 nitrogen and oxygen atoms in total. The fourth-order valence-electron chi connectivity index (χ4n) is 2.64. The standard InChI is InChI=1S/C18H34N10O7/c19-9(3-1-5-24-17(20)21)14(33)28-11(7-12(29)30)16(35)27-10(4-2-6-25-18(22)23)15(34)26-8-13(31)32/h9-11H,1-8,19H2,(H,26,34)(H,27,35)(H,28,33)(H,29,30)(H,31,32)(H4,20,21,24)(H4,22,23,25). The van der Waals surface area contributed by atoms with E-state index in [1.165, 1.54) is 0 Å². The molecule has 0 bridgehead atoms. The Bertz CT molecular complexity index is 809. The highest BCUT2D eigenvalue weighted by atomic mass is 16.4. The molecule has 3 atom stereocenters. The fraction of sp³-hybridized carbons (Fsp3) is 0.611. The van der Waals surface area contributed by atoms with Crippen molar-refractivity contribution in [2.24, 2.45) is 38.7 Å². The monoisotopic (exact) mass is 502 g/mol. The normalized spacial score (nSPS) is 12.8. The maximum atomic E-state index is 12.7. The van der Waals surface area contributed by atoms with E-state index in [1.54, 1.807) is 0 Å². The molecule has 0 fully saturated rings. The molecule has 0 saturated carbocycles. The van der Waals surface area contributed by atoms with Gasteiger partial charge < -0.3 is 54.8 Å². The summed E-state index contributed by atoms with van der Waals surface area (Å²) in [6.45, 7) is -0.372. The summed E-state index contributed by atoms with van der Waals surface area (Å²) < 4.78 is 0. The second-order valence-corrected chi connectivity index (χ2v) is 7.34. The maximum absolute atomic E-state index is 12.7. The van der Waals surface area contributed by atoms with E-state index in [0.717, 1.165) is 0 Å². The zero-order valence-electron chi connectivity index (χ0n) is 19.1. The molecule has 0 aromatic heterocycles. The Hall–Kier alpha value is -4.15. The summed E-state index contributed by atoms with van der Waals surface area (Å²) in [7, 11) is 0. The number of carbonyl (C=O) groups excluding carboxylic acids is 3. The van der Waals surface area contributed by atoms with E-state index in [1.807, 2.05) is 0 Å². The van der Waals surface area contributed by atoms with Gasteiger partial charge in [-0.2, -0.15) is 0 Å². The number of nitrogens with zero attached hydrogens (tertiary/aromatic N) is 2. The van der Waals surface area contributed by atoms with Crippen molar-refractivity contribution in [3.63, 3.8) is 0 Å². The van der Waals surface area contributed by atoms with Gasteiger partial charge in [0.15, 0.2) is 11.9 Å². The summed E-state index contributed by atoms with van der Waals surface area (Å²) >= 11 is 0. The van der Waals surface area contributed by atoms with Crippen molar-refractivity contribution in [2.45, 2.75) is 50.2 Å². The molecule has 0 saturated heterocycles. The first kappa shape index (κ1) is 30.8. The minimum atomic E-state index is -1.56. The third-order valence-electron chi connectivity index (χ3n) is 4.31. The second kappa shape index (κ2) is 16.5. The van der Waals surface area contributed by atoms with Gasteiger partial charge in [-0.05, 0) is 25.7 Å². The summed E-state index contributed by atoms with van der Waals surface area (Å²) in [5.74, 6) is -5.62. The number of carbonyl (C=O) groups is 5. The molecule has 17 heteroatoms. The molecule has 3 unspecified atom stereocenters. The first-order valence-corrected chi connectivity index (χ1v) is 10.5. The first-order chi connectivity index (χ1) is 16.3. The van der Waals surface area contributed by atoms with Crippen molar-refractivity contribution in [1.29, 1.82) is 0 Å². The number of carboxylic acid groups (broad SMARTS) is 2. The maximum Gasteiger partial charge on any atom is 0.322 e. The van der Waals surface area contributed by atoms with E-state index in [2.05, 4.69) is 25.9 Å². The predicted molar refractivity (Wildman–Crippen MR) is 125 cm³/mol. The molecule has 0 aromatic carbocycles. The summed E-state index contributed by atoms with van der Waals surface area (Å²) in [6.07, 6.45) is -0.0827. The number of aliphatic carboxylic acids is 2. The van der Waals surface area contributed by atoms with Gasteiger partial charge in [0.05, 0.1) is 12.5 Å². The average molecular weight is 503 g/mol. The minimum absolute atomic E-state index is 0.00792. The average Bonchev–Trinajstić information content (AvgIpc) is 2.75. The van der Waals surface area contributed by atoms with Gasteiger partial charge in [0, 0.05) is 13.1 Å². The van der Waals surface area contributed by atoms with Gasteiger partial charge >= 0.3 is 11.9 Å². The SMILES string of the molecule is NC(N)=NCCCC(N)C(=O)NC(CC(=O)O)C(=O)NC(CCCN=C(N)N)C(=O)NCC(=O)O. The molecule has 0 aromatic rings. The van der Waals surface area contributed by atoms with E-state index < -0.39 is 60.8 Å². The number of nitrogens with two attached hydrogens (primary N) is 5. The van der Waals surface area contributed by atoms with Gasteiger partial charge in [0.2, 0.25) is 17.7 Å².